The van der Waals surface area contributed by atoms with Gasteiger partial charge in [0.05, 0.1) is 12.0 Å². The van der Waals surface area contributed by atoms with Crippen LogP contribution in [-0.2, 0) is 20.0 Å². The van der Waals surface area contributed by atoms with Gasteiger partial charge in [0.25, 0.3) is 5.56 Å². The number of ether oxygens (including phenoxy) is 2. The first kappa shape index (κ1) is 17.9. The highest BCUT2D eigenvalue weighted by Gasteiger charge is 2.42. The zero-order valence-electron chi connectivity index (χ0n) is 14.4. The van der Waals surface area contributed by atoms with Gasteiger partial charge in [0.1, 0.15) is 12.0 Å². The van der Waals surface area contributed by atoms with Gasteiger partial charge in [0.15, 0.2) is 11.5 Å². The molecule has 138 valence electrons. The van der Waals surface area contributed by atoms with Crippen molar-refractivity contribution in [2.75, 3.05) is 12.3 Å². The van der Waals surface area contributed by atoms with Gasteiger partial charge >= 0.3 is 5.97 Å². The molecule has 3 N–H and O–H groups in total. The van der Waals surface area contributed by atoms with Crippen LogP contribution in [0.1, 0.15) is 26.7 Å². The Morgan fingerprint density at radius 2 is 2.42 bits per heavy atom. The third-order valence-corrected chi connectivity index (χ3v) is 4.29. The summed E-state index contributed by atoms with van der Waals surface area (Å²) in [6, 6.07) is 0. The number of carbonyl (C=O) groups excluding carboxylic acids is 1. The molecule has 3 heterocycles. The molecule has 0 amide bonds. The van der Waals surface area contributed by atoms with Crippen LogP contribution in [-0.4, -0.2) is 33.2 Å². The molecular weight excluding hydrogens is 343 g/mol. The van der Waals surface area contributed by atoms with E-state index < -0.39 is 23.2 Å². The summed E-state index contributed by atoms with van der Waals surface area (Å²) in [5, 5.41) is -0.243. The number of H-pyrrole nitrogens is 1. The molecule has 1 aliphatic heterocycles. The highest BCUT2D eigenvalue weighted by molar-refractivity contribution is 5.77. The van der Waals surface area contributed by atoms with Gasteiger partial charge in [-0.15, -0.1) is 6.42 Å². The summed E-state index contributed by atoms with van der Waals surface area (Å²) < 4.78 is 26.7. The first-order chi connectivity index (χ1) is 12.3. The second-order valence-corrected chi connectivity index (χ2v) is 6.49. The molecule has 0 radical (unpaired) electrons. The zero-order valence-corrected chi connectivity index (χ0v) is 14.4. The summed E-state index contributed by atoms with van der Waals surface area (Å²) in [7, 11) is 0. The van der Waals surface area contributed by atoms with E-state index in [0.29, 0.717) is 12.8 Å². The summed E-state index contributed by atoms with van der Waals surface area (Å²) >= 11 is 0. The number of terminal acetylenes is 1. The Labute approximate surface area is 148 Å². The summed E-state index contributed by atoms with van der Waals surface area (Å²) in [6.45, 7) is 3.50. The number of halogens is 1. The Morgan fingerprint density at radius 3 is 3.08 bits per heavy atom. The maximum Gasteiger partial charge on any atom is 0.308 e. The van der Waals surface area contributed by atoms with Gasteiger partial charge in [0, 0.05) is 12.6 Å². The second kappa shape index (κ2) is 6.46. The van der Waals surface area contributed by atoms with Crippen molar-refractivity contribution in [1.82, 2.24) is 14.5 Å². The van der Waals surface area contributed by atoms with E-state index >= 15 is 0 Å². The number of rotatable bonds is 4. The molecule has 26 heavy (non-hydrogen) atoms. The lowest BCUT2D eigenvalue weighted by molar-refractivity contribution is -0.154. The lowest BCUT2D eigenvalue weighted by Crippen LogP contribution is -2.33. The van der Waals surface area contributed by atoms with E-state index in [2.05, 4.69) is 15.9 Å². The number of nitrogens with two attached hydrogens (primary N) is 1. The monoisotopic (exact) mass is 362 g/mol. The van der Waals surface area contributed by atoms with Crippen LogP contribution in [0.3, 0.4) is 0 Å². The first-order valence-electron chi connectivity index (χ1n) is 8.16. The summed E-state index contributed by atoms with van der Waals surface area (Å²) in [4.78, 5) is 29.8. The fourth-order valence-corrected chi connectivity index (χ4v) is 2.94. The molecule has 0 bridgehead atoms. The molecule has 1 fully saturated rings. The van der Waals surface area contributed by atoms with E-state index in [4.69, 9.17) is 21.6 Å². The van der Waals surface area contributed by atoms with Crippen LogP contribution in [0.25, 0.3) is 11.0 Å². The van der Waals surface area contributed by atoms with Crippen molar-refractivity contribution in [3.63, 3.8) is 0 Å². The normalized spacial score (nSPS) is 22.7. The van der Waals surface area contributed by atoms with Crippen LogP contribution in [0.4, 0.5) is 10.3 Å². The van der Waals surface area contributed by atoms with Crippen molar-refractivity contribution in [1.29, 1.82) is 0 Å². The Morgan fingerprint density at radius 1 is 1.69 bits per heavy atom. The fraction of sp³-hybridized carbons (Fsp3) is 0.471. The highest BCUT2D eigenvalue weighted by Crippen LogP contribution is 2.37. The van der Waals surface area contributed by atoms with Crippen LogP contribution in [0.2, 0.25) is 0 Å². The number of hydrogen-bond acceptors (Lipinski definition) is 6. The Hall–Kier alpha value is -2.86. The van der Waals surface area contributed by atoms with Crippen LogP contribution < -0.4 is 11.3 Å². The van der Waals surface area contributed by atoms with Gasteiger partial charge in [-0.3, -0.25) is 19.1 Å². The van der Waals surface area contributed by atoms with Gasteiger partial charge in [-0.2, -0.15) is 4.98 Å². The average molecular weight is 362 g/mol. The van der Waals surface area contributed by atoms with Gasteiger partial charge in [-0.05, 0) is 12.3 Å². The smallest absolute Gasteiger partial charge is 0.308 e. The van der Waals surface area contributed by atoms with Crippen LogP contribution >= 0.6 is 0 Å². The molecular formula is C17H19FN4O4. The summed E-state index contributed by atoms with van der Waals surface area (Å²) in [5.74, 6) is 0.988. The molecule has 2 aromatic heterocycles. The van der Waals surface area contributed by atoms with E-state index in [1.807, 2.05) is 0 Å². The van der Waals surface area contributed by atoms with Crippen LogP contribution in [0.5, 0.6) is 0 Å². The molecule has 1 saturated heterocycles. The minimum atomic E-state index is -1.34. The molecule has 8 nitrogen and oxygen atoms in total. The largest absolute Gasteiger partial charge is 0.463 e. The lowest BCUT2D eigenvalue weighted by atomic mass is 10.1. The van der Waals surface area contributed by atoms with Crippen molar-refractivity contribution in [2.24, 2.45) is 5.92 Å². The summed E-state index contributed by atoms with van der Waals surface area (Å²) in [6.07, 6.45) is 7.13. The number of carbonyl (C=O) groups is 1. The number of fused-ring (bicyclic) bond motifs is 1. The average Bonchev–Trinajstić information content (AvgIpc) is 3.14. The number of anilines is 1. The number of nitrogens with one attached hydrogen (secondary N) is 1. The number of aromatic nitrogens is 3. The van der Waals surface area contributed by atoms with Crippen LogP contribution in [0.15, 0.2) is 11.0 Å². The van der Waals surface area contributed by atoms with Crippen molar-refractivity contribution in [3.05, 3.63) is 22.4 Å². The third-order valence-electron chi connectivity index (χ3n) is 4.29. The van der Waals surface area contributed by atoms with E-state index in [1.165, 1.54) is 4.57 Å². The minimum Gasteiger partial charge on any atom is -0.463 e. The van der Waals surface area contributed by atoms with Crippen molar-refractivity contribution in [3.8, 4) is 12.3 Å². The predicted octanol–water partition coefficient (Wildman–Crippen LogP) is 1.11. The maximum atomic E-state index is 14.3. The molecule has 0 spiro atoms. The van der Waals surface area contributed by atoms with Crippen LogP contribution in [0, 0.1) is 24.1 Å². The number of nitrogen functional groups attached to an aromatic ring is 1. The van der Waals surface area contributed by atoms with Gasteiger partial charge in [-0.25, -0.2) is 4.39 Å². The molecule has 0 aromatic carbocycles. The fourth-order valence-electron chi connectivity index (χ4n) is 2.94. The molecule has 0 aliphatic carbocycles. The quantitative estimate of drug-likeness (QED) is 0.622. The Kier molecular flexibility index (Phi) is 4.46. The van der Waals surface area contributed by atoms with Gasteiger partial charge in [-0.1, -0.05) is 13.8 Å². The van der Waals surface area contributed by atoms with E-state index in [1.54, 1.807) is 13.8 Å². The standard InChI is InChI=1S/C17H19FN4O4/c1-4-17(6-5-10(26-17)8-25-15(24)9(2)3)22-7-11(18)12-13(22)20-16(19)21-14(12)23/h1,7,9-10H,5-6,8H2,2-3H3,(H3,19,20,21,23). The number of aromatic amines is 1. The molecule has 9 heteroatoms. The first-order valence-corrected chi connectivity index (χ1v) is 8.16. The second-order valence-electron chi connectivity index (χ2n) is 6.49. The highest BCUT2D eigenvalue weighted by atomic mass is 19.1. The van der Waals surface area contributed by atoms with E-state index in [0.717, 1.165) is 6.20 Å². The number of esters is 1. The molecule has 2 aromatic rings. The Bertz CT molecular complexity index is 958. The van der Waals surface area contributed by atoms with Gasteiger partial charge < -0.3 is 15.2 Å². The predicted molar refractivity (Wildman–Crippen MR) is 91.4 cm³/mol. The third kappa shape index (κ3) is 2.93. The topological polar surface area (TPSA) is 112 Å². The minimum absolute atomic E-state index is 0.00141. The van der Waals surface area contributed by atoms with Crippen molar-refractivity contribution < 1.29 is 18.7 Å². The van der Waals surface area contributed by atoms with Gasteiger partial charge in [0.2, 0.25) is 11.7 Å². The molecule has 2 unspecified atom stereocenters. The molecule has 3 rings (SSSR count). The molecule has 1 aliphatic rings. The number of hydrogen-bond donors (Lipinski definition) is 2. The summed E-state index contributed by atoms with van der Waals surface area (Å²) in [5.41, 5.74) is 3.53. The van der Waals surface area contributed by atoms with E-state index in [9.17, 15) is 14.0 Å². The van der Waals surface area contributed by atoms with E-state index in [-0.39, 0.29) is 35.5 Å². The number of nitrogens with zero attached hydrogens (tertiary/aromatic N) is 2. The zero-order chi connectivity index (χ0) is 19.1. The Balaban J connectivity index is 1.93. The molecule has 2 atom stereocenters. The maximum absolute atomic E-state index is 14.3. The molecule has 0 saturated carbocycles. The SMILES string of the molecule is C#CC1(n2cc(F)c3c(=O)[nH]c(N)nc32)CCC(COC(=O)C(C)C)O1. The van der Waals surface area contributed by atoms with Crippen molar-refractivity contribution >= 4 is 23.0 Å². The van der Waals surface area contributed by atoms with Crippen molar-refractivity contribution in [2.45, 2.75) is 38.5 Å². The lowest BCUT2D eigenvalue weighted by Gasteiger charge is -2.26.